The first-order chi connectivity index (χ1) is 10.5. The minimum atomic E-state index is -0.267. The van der Waals surface area contributed by atoms with Crippen LogP contribution in [0.4, 0.5) is 5.69 Å². The number of nitrogen functional groups attached to an aromatic ring is 1. The maximum absolute atomic E-state index is 12.5. The Bertz CT molecular complexity index is 719. The van der Waals surface area contributed by atoms with Crippen molar-refractivity contribution in [1.29, 1.82) is 0 Å². The summed E-state index contributed by atoms with van der Waals surface area (Å²) in [6.45, 7) is 3.87. The van der Waals surface area contributed by atoms with Crippen molar-refractivity contribution >= 4 is 17.5 Å². The van der Waals surface area contributed by atoms with Gasteiger partial charge in [-0.3, -0.25) is 14.5 Å². The van der Waals surface area contributed by atoms with Gasteiger partial charge < -0.3 is 5.73 Å². The van der Waals surface area contributed by atoms with Crippen LogP contribution in [-0.4, -0.2) is 22.8 Å². The Kier molecular flexibility index (Phi) is 3.45. The van der Waals surface area contributed by atoms with Crippen LogP contribution >= 0.6 is 0 Å². The molecule has 0 radical (unpaired) electrons. The van der Waals surface area contributed by atoms with Crippen molar-refractivity contribution in [2.75, 3.05) is 5.73 Å². The normalized spacial score (nSPS) is 16.5. The second-order valence-corrected chi connectivity index (χ2v) is 5.68. The van der Waals surface area contributed by atoms with E-state index in [-0.39, 0.29) is 23.8 Å². The Labute approximate surface area is 129 Å². The number of carbonyl (C=O) groups is 2. The zero-order valence-electron chi connectivity index (χ0n) is 12.6. The molecule has 4 nitrogen and oxygen atoms in total. The molecule has 1 aliphatic heterocycles. The molecule has 2 atom stereocenters. The van der Waals surface area contributed by atoms with Crippen LogP contribution in [0.5, 0.6) is 0 Å². The highest BCUT2D eigenvalue weighted by molar-refractivity contribution is 6.21. The summed E-state index contributed by atoms with van der Waals surface area (Å²) < 4.78 is 0. The van der Waals surface area contributed by atoms with E-state index >= 15 is 0 Å². The van der Waals surface area contributed by atoms with Gasteiger partial charge in [-0.1, -0.05) is 37.3 Å². The van der Waals surface area contributed by atoms with Crippen molar-refractivity contribution in [2.45, 2.75) is 25.8 Å². The topological polar surface area (TPSA) is 63.4 Å². The number of amides is 2. The summed E-state index contributed by atoms with van der Waals surface area (Å²) in [6, 6.07) is 14.2. The van der Waals surface area contributed by atoms with Crippen LogP contribution in [0.1, 0.15) is 46.0 Å². The third kappa shape index (κ3) is 2.08. The number of benzene rings is 2. The van der Waals surface area contributed by atoms with E-state index in [1.54, 1.807) is 24.3 Å². The van der Waals surface area contributed by atoms with Crippen molar-refractivity contribution in [3.63, 3.8) is 0 Å². The molecule has 1 heterocycles. The van der Waals surface area contributed by atoms with Gasteiger partial charge in [-0.15, -0.1) is 0 Å². The third-order valence-electron chi connectivity index (χ3n) is 4.44. The van der Waals surface area contributed by atoms with Crippen molar-refractivity contribution in [3.8, 4) is 0 Å². The quantitative estimate of drug-likeness (QED) is 0.699. The van der Waals surface area contributed by atoms with Crippen LogP contribution in [0.2, 0.25) is 0 Å². The zero-order valence-corrected chi connectivity index (χ0v) is 12.6. The van der Waals surface area contributed by atoms with E-state index in [0.29, 0.717) is 16.8 Å². The number of nitrogens with two attached hydrogens (primary N) is 1. The summed E-state index contributed by atoms with van der Waals surface area (Å²) in [7, 11) is 0. The molecular weight excluding hydrogens is 276 g/mol. The van der Waals surface area contributed by atoms with Gasteiger partial charge in [0.2, 0.25) is 0 Å². The lowest BCUT2D eigenvalue weighted by Gasteiger charge is -2.29. The standard InChI is InChI=1S/C18H18N2O2/c1-11(13-7-5-6-10-16(13)19)12(2)20-17(21)14-8-3-4-9-15(14)18(20)22/h3-12H,19H2,1-2H3. The van der Waals surface area contributed by atoms with E-state index in [9.17, 15) is 9.59 Å². The number of nitrogens with zero attached hydrogens (tertiary/aromatic N) is 1. The zero-order chi connectivity index (χ0) is 15.9. The van der Waals surface area contributed by atoms with Crippen molar-refractivity contribution < 1.29 is 9.59 Å². The fraction of sp³-hybridized carbons (Fsp3) is 0.222. The minimum Gasteiger partial charge on any atom is -0.398 e. The van der Waals surface area contributed by atoms with E-state index in [4.69, 9.17) is 5.73 Å². The van der Waals surface area contributed by atoms with Crippen molar-refractivity contribution in [2.24, 2.45) is 0 Å². The molecule has 0 saturated carbocycles. The average Bonchev–Trinajstić information content (AvgIpc) is 2.78. The van der Waals surface area contributed by atoms with E-state index in [0.717, 1.165) is 5.56 Å². The Morgan fingerprint density at radius 2 is 1.36 bits per heavy atom. The van der Waals surface area contributed by atoms with Crippen LogP contribution in [0.3, 0.4) is 0 Å². The predicted octanol–water partition coefficient (Wildman–Crippen LogP) is 3.06. The summed E-state index contributed by atoms with van der Waals surface area (Å²) in [6.07, 6.45) is 0. The molecule has 0 bridgehead atoms. The average molecular weight is 294 g/mol. The molecule has 0 fully saturated rings. The SMILES string of the molecule is CC(c1ccccc1N)C(C)N1C(=O)c2ccccc2C1=O. The summed E-state index contributed by atoms with van der Waals surface area (Å²) in [4.78, 5) is 26.4. The molecule has 3 rings (SSSR count). The van der Waals surface area contributed by atoms with Crippen LogP contribution in [0.15, 0.2) is 48.5 Å². The van der Waals surface area contributed by atoms with Gasteiger partial charge >= 0.3 is 0 Å². The summed E-state index contributed by atoms with van der Waals surface area (Å²) >= 11 is 0. The minimum absolute atomic E-state index is 0.0385. The Morgan fingerprint density at radius 1 is 0.864 bits per heavy atom. The molecule has 1 aliphatic rings. The first-order valence-corrected chi connectivity index (χ1v) is 7.33. The van der Waals surface area contributed by atoms with Crippen molar-refractivity contribution in [3.05, 3.63) is 65.2 Å². The Morgan fingerprint density at radius 3 is 1.91 bits per heavy atom. The van der Waals surface area contributed by atoms with Gasteiger partial charge in [0.25, 0.3) is 11.8 Å². The van der Waals surface area contributed by atoms with Gasteiger partial charge in [0, 0.05) is 17.6 Å². The molecule has 0 aromatic heterocycles. The maximum Gasteiger partial charge on any atom is 0.261 e. The van der Waals surface area contributed by atoms with Gasteiger partial charge in [-0.2, -0.15) is 0 Å². The third-order valence-corrected chi connectivity index (χ3v) is 4.44. The summed E-state index contributed by atoms with van der Waals surface area (Å²) in [5.74, 6) is -0.493. The smallest absolute Gasteiger partial charge is 0.261 e. The molecule has 2 aromatic carbocycles. The Hall–Kier alpha value is -2.62. The molecule has 0 saturated heterocycles. The van der Waals surface area contributed by atoms with Crippen LogP contribution < -0.4 is 5.73 Å². The van der Waals surface area contributed by atoms with Gasteiger partial charge in [-0.05, 0) is 30.7 Å². The molecule has 112 valence electrons. The fourth-order valence-corrected chi connectivity index (χ4v) is 2.99. The van der Waals surface area contributed by atoms with Crippen LogP contribution in [-0.2, 0) is 0 Å². The number of hydrogen-bond donors (Lipinski definition) is 1. The van der Waals surface area contributed by atoms with E-state index < -0.39 is 0 Å². The highest BCUT2D eigenvalue weighted by Crippen LogP contribution is 2.32. The first-order valence-electron chi connectivity index (χ1n) is 7.33. The fourth-order valence-electron chi connectivity index (χ4n) is 2.99. The highest BCUT2D eigenvalue weighted by Gasteiger charge is 2.40. The molecule has 0 spiro atoms. The summed E-state index contributed by atoms with van der Waals surface area (Å²) in [5.41, 5.74) is 8.61. The molecule has 2 amide bonds. The van der Waals surface area contributed by atoms with E-state index in [2.05, 4.69) is 0 Å². The number of carbonyl (C=O) groups excluding carboxylic acids is 2. The summed E-state index contributed by atoms with van der Waals surface area (Å²) in [5, 5.41) is 0. The van der Waals surface area contributed by atoms with Gasteiger partial charge in [0.1, 0.15) is 0 Å². The number of hydrogen-bond acceptors (Lipinski definition) is 3. The van der Waals surface area contributed by atoms with Crippen LogP contribution in [0.25, 0.3) is 0 Å². The number of rotatable bonds is 3. The molecule has 4 heteroatoms. The van der Waals surface area contributed by atoms with Gasteiger partial charge in [-0.25, -0.2) is 0 Å². The molecule has 0 aliphatic carbocycles. The highest BCUT2D eigenvalue weighted by atomic mass is 16.2. The Balaban J connectivity index is 1.94. The number of fused-ring (bicyclic) bond motifs is 1. The molecule has 22 heavy (non-hydrogen) atoms. The number of anilines is 1. The molecule has 2 unspecified atom stereocenters. The largest absolute Gasteiger partial charge is 0.398 e. The molecular formula is C18H18N2O2. The number of para-hydroxylation sites is 1. The maximum atomic E-state index is 12.5. The van der Waals surface area contributed by atoms with Crippen molar-refractivity contribution in [1.82, 2.24) is 4.90 Å². The van der Waals surface area contributed by atoms with E-state index in [1.807, 2.05) is 38.1 Å². The lowest BCUT2D eigenvalue weighted by molar-refractivity contribution is 0.0579. The number of imide groups is 1. The van der Waals surface area contributed by atoms with Gasteiger partial charge in [0.05, 0.1) is 11.1 Å². The van der Waals surface area contributed by atoms with E-state index in [1.165, 1.54) is 4.90 Å². The van der Waals surface area contributed by atoms with Crippen LogP contribution in [0, 0.1) is 0 Å². The van der Waals surface area contributed by atoms with Gasteiger partial charge in [0.15, 0.2) is 0 Å². The monoisotopic (exact) mass is 294 g/mol. The lowest BCUT2D eigenvalue weighted by Crippen LogP contribution is -2.41. The molecule has 2 N–H and O–H groups in total. The molecule has 2 aromatic rings. The second-order valence-electron chi connectivity index (χ2n) is 5.68. The predicted molar refractivity (Wildman–Crippen MR) is 85.7 cm³/mol. The second kappa shape index (κ2) is 5.30. The lowest BCUT2D eigenvalue weighted by atomic mass is 9.92. The first kappa shape index (κ1) is 14.3.